The molecule has 1 aliphatic rings. The third-order valence-electron chi connectivity index (χ3n) is 4.58. The third-order valence-corrected chi connectivity index (χ3v) is 6.05. The zero-order valence-electron chi connectivity index (χ0n) is 15.6. The van der Waals surface area contributed by atoms with Crippen LogP contribution in [0.4, 0.5) is 0 Å². The first-order valence-corrected chi connectivity index (χ1v) is 10.8. The van der Waals surface area contributed by atoms with Crippen LogP contribution in [-0.2, 0) is 19.6 Å². The molecule has 1 saturated carbocycles. The van der Waals surface area contributed by atoms with Crippen LogP contribution >= 0.6 is 0 Å². The van der Waals surface area contributed by atoms with Crippen molar-refractivity contribution >= 4 is 21.9 Å². The molecule has 0 saturated heterocycles. The molecule has 0 bridgehead atoms. The SMILES string of the molecule is N#CCCNS(=O)(=O)c1ccc(C(=O)OCC(=O)NCC2CCCCC2)cc1. The summed E-state index contributed by atoms with van der Waals surface area (Å²) in [4.78, 5) is 23.8. The monoisotopic (exact) mass is 407 g/mol. The molecule has 2 rings (SSSR count). The van der Waals surface area contributed by atoms with Crippen LogP contribution in [0.5, 0.6) is 0 Å². The lowest BCUT2D eigenvalue weighted by Crippen LogP contribution is -2.33. The zero-order chi connectivity index (χ0) is 20.4. The van der Waals surface area contributed by atoms with Crippen molar-refractivity contribution in [1.29, 1.82) is 5.26 Å². The number of rotatable bonds is 9. The highest BCUT2D eigenvalue weighted by Crippen LogP contribution is 2.22. The van der Waals surface area contributed by atoms with Crippen LogP contribution in [0.3, 0.4) is 0 Å². The fourth-order valence-corrected chi connectivity index (χ4v) is 4.04. The molecule has 28 heavy (non-hydrogen) atoms. The second-order valence-electron chi connectivity index (χ2n) is 6.71. The number of benzene rings is 1. The van der Waals surface area contributed by atoms with E-state index in [1.807, 2.05) is 6.07 Å². The van der Waals surface area contributed by atoms with Gasteiger partial charge in [-0.2, -0.15) is 5.26 Å². The van der Waals surface area contributed by atoms with Crippen LogP contribution in [0.2, 0.25) is 0 Å². The summed E-state index contributed by atoms with van der Waals surface area (Å²) in [5.41, 5.74) is 0.149. The molecule has 152 valence electrons. The first kappa shape index (κ1) is 21.9. The van der Waals surface area contributed by atoms with Gasteiger partial charge >= 0.3 is 5.97 Å². The quantitative estimate of drug-likeness (QED) is 0.474. The normalized spacial score (nSPS) is 14.8. The number of sulfonamides is 1. The summed E-state index contributed by atoms with van der Waals surface area (Å²) in [7, 11) is -3.74. The van der Waals surface area contributed by atoms with E-state index in [0.717, 1.165) is 12.8 Å². The number of amides is 1. The highest BCUT2D eigenvalue weighted by atomic mass is 32.2. The largest absolute Gasteiger partial charge is 0.452 e. The molecule has 0 radical (unpaired) electrons. The lowest BCUT2D eigenvalue weighted by Gasteiger charge is -2.21. The minimum atomic E-state index is -3.74. The number of hydrogen-bond acceptors (Lipinski definition) is 6. The first-order valence-electron chi connectivity index (χ1n) is 9.33. The molecule has 0 unspecified atom stereocenters. The van der Waals surface area contributed by atoms with Crippen LogP contribution in [0.25, 0.3) is 0 Å². The Bertz CT molecular complexity index is 809. The highest BCUT2D eigenvalue weighted by molar-refractivity contribution is 7.89. The van der Waals surface area contributed by atoms with Gasteiger partial charge in [-0.25, -0.2) is 17.9 Å². The summed E-state index contributed by atoms with van der Waals surface area (Å²) < 4.78 is 31.3. The fourth-order valence-electron chi connectivity index (χ4n) is 3.01. The summed E-state index contributed by atoms with van der Waals surface area (Å²) in [6.07, 6.45) is 5.91. The lowest BCUT2D eigenvalue weighted by molar-refractivity contribution is -0.124. The topological polar surface area (TPSA) is 125 Å². The van der Waals surface area contributed by atoms with Crippen molar-refractivity contribution in [1.82, 2.24) is 10.0 Å². The zero-order valence-corrected chi connectivity index (χ0v) is 16.5. The lowest BCUT2D eigenvalue weighted by atomic mass is 9.89. The Morgan fingerprint density at radius 1 is 1.14 bits per heavy atom. The van der Waals surface area contributed by atoms with Crippen molar-refractivity contribution in [2.24, 2.45) is 5.92 Å². The van der Waals surface area contributed by atoms with Crippen molar-refractivity contribution in [3.8, 4) is 6.07 Å². The summed E-state index contributed by atoms with van der Waals surface area (Å²) in [5.74, 6) is -0.557. The van der Waals surface area contributed by atoms with Gasteiger partial charge in [0.2, 0.25) is 10.0 Å². The average molecular weight is 407 g/mol. The van der Waals surface area contributed by atoms with E-state index in [2.05, 4.69) is 10.0 Å². The number of carbonyl (C=O) groups is 2. The van der Waals surface area contributed by atoms with E-state index >= 15 is 0 Å². The first-order chi connectivity index (χ1) is 13.4. The average Bonchev–Trinajstić information content (AvgIpc) is 2.71. The van der Waals surface area contributed by atoms with Gasteiger partial charge in [-0.05, 0) is 43.0 Å². The minimum Gasteiger partial charge on any atom is -0.452 e. The predicted octanol–water partition coefficient (Wildman–Crippen LogP) is 1.73. The Kier molecular flexibility index (Phi) is 8.42. The van der Waals surface area contributed by atoms with Crippen LogP contribution in [0.15, 0.2) is 29.2 Å². The molecule has 8 nitrogen and oxygen atoms in total. The molecule has 9 heteroatoms. The van der Waals surface area contributed by atoms with Crippen LogP contribution in [0, 0.1) is 17.2 Å². The number of ether oxygens (including phenoxy) is 1. The fraction of sp³-hybridized carbons (Fsp3) is 0.526. The summed E-state index contributed by atoms with van der Waals surface area (Å²) in [6.45, 7) is 0.238. The molecule has 0 spiro atoms. The van der Waals surface area contributed by atoms with Crippen molar-refractivity contribution in [3.05, 3.63) is 29.8 Å². The number of carbonyl (C=O) groups excluding carboxylic acids is 2. The molecule has 0 heterocycles. The predicted molar refractivity (Wildman–Crippen MR) is 102 cm³/mol. The molecule has 1 amide bonds. The summed E-state index contributed by atoms with van der Waals surface area (Å²) in [5, 5.41) is 11.2. The second-order valence-corrected chi connectivity index (χ2v) is 8.48. The molecule has 0 aliphatic heterocycles. The number of hydrogen-bond donors (Lipinski definition) is 2. The number of nitriles is 1. The van der Waals surface area contributed by atoms with E-state index in [1.165, 1.54) is 43.5 Å². The maximum Gasteiger partial charge on any atom is 0.338 e. The molecule has 0 aromatic heterocycles. The van der Waals surface area contributed by atoms with Crippen LogP contribution < -0.4 is 10.0 Å². The van der Waals surface area contributed by atoms with Crippen molar-refractivity contribution in [2.45, 2.75) is 43.4 Å². The third kappa shape index (κ3) is 6.94. The van der Waals surface area contributed by atoms with Gasteiger partial charge < -0.3 is 10.1 Å². The Hall–Kier alpha value is -2.44. The Balaban J connectivity index is 1.79. The molecule has 1 aliphatic carbocycles. The molecular weight excluding hydrogens is 382 g/mol. The van der Waals surface area contributed by atoms with Crippen LogP contribution in [-0.4, -0.2) is 40.0 Å². The van der Waals surface area contributed by atoms with Gasteiger partial charge in [0.25, 0.3) is 5.91 Å². The van der Waals surface area contributed by atoms with E-state index < -0.39 is 16.0 Å². The highest BCUT2D eigenvalue weighted by Gasteiger charge is 2.17. The van der Waals surface area contributed by atoms with E-state index in [1.54, 1.807) is 0 Å². The number of nitrogens with zero attached hydrogens (tertiary/aromatic N) is 1. The smallest absolute Gasteiger partial charge is 0.338 e. The van der Waals surface area contributed by atoms with E-state index in [-0.39, 0.29) is 35.9 Å². The molecule has 0 atom stereocenters. The Labute approximate surface area is 165 Å². The summed E-state index contributed by atoms with van der Waals surface area (Å²) in [6, 6.07) is 7.03. The van der Waals surface area contributed by atoms with Gasteiger partial charge in [0, 0.05) is 19.5 Å². The van der Waals surface area contributed by atoms with Gasteiger partial charge in [0.15, 0.2) is 6.61 Å². The molecule has 2 N–H and O–H groups in total. The van der Waals surface area contributed by atoms with Gasteiger partial charge in [-0.15, -0.1) is 0 Å². The van der Waals surface area contributed by atoms with Crippen molar-refractivity contribution in [2.75, 3.05) is 19.7 Å². The molecule has 1 aromatic carbocycles. The van der Waals surface area contributed by atoms with Crippen LogP contribution in [0.1, 0.15) is 48.9 Å². The maximum atomic E-state index is 12.0. The van der Waals surface area contributed by atoms with E-state index in [4.69, 9.17) is 10.00 Å². The van der Waals surface area contributed by atoms with Gasteiger partial charge in [-0.3, -0.25) is 4.79 Å². The van der Waals surface area contributed by atoms with Crippen molar-refractivity contribution in [3.63, 3.8) is 0 Å². The molecule has 1 aromatic rings. The Morgan fingerprint density at radius 2 is 1.82 bits per heavy atom. The summed E-state index contributed by atoms with van der Waals surface area (Å²) >= 11 is 0. The number of nitrogens with one attached hydrogen (secondary N) is 2. The molecular formula is C19H25N3O5S. The minimum absolute atomic E-state index is 0.0125. The van der Waals surface area contributed by atoms with Crippen molar-refractivity contribution < 1.29 is 22.7 Å². The second kappa shape index (κ2) is 10.8. The van der Waals surface area contributed by atoms with E-state index in [9.17, 15) is 18.0 Å². The van der Waals surface area contributed by atoms with E-state index in [0.29, 0.717) is 12.5 Å². The van der Waals surface area contributed by atoms with Gasteiger partial charge in [-0.1, -0.05) is 19.3 Å². The Morgan fingerprint density at radius 3 is 2.46 bits per heavy atom. The number of esters is 1. The molecule has 1 fully saturated rings. The maximum absolute atomic E-state index is 12.0. The van der Waals surface area contributed by atoms with Gasteiger partial charge in [0.05, 0.1) is 16.5 Å². The standard InChI is InChI=1S/C19H25N3O5S/c20-11-4-12-22-28(25,26)17-9-7-16(8-10-17)19(24)27-14-18(23)21-13-15-5-2-1-3-6-15/h7-10,15,22H,1-6,12-14H2,(H,21,23). The van der Waals surface area contributed by atoms with Gasteiger partial charge in [0.1, 0.15) is 0 Å².